The standard InChI is InChI=1S/C22H30O4Si/c1-7-25-21(23)20(22(24)26-8-2)18-13-15(3)16-11-9-10-12-17(16)19(18)14-27(4,5)6/h9-14,18,20H,7-8H2,1-6H3/b19-14+. The summed E-state index contributed by atoms with van der Waals surface area (Å²) < 4.78 is 10.5. The Morgan fingerprint density at radius 1 is 1.04 bits per heavy atom. The molecule has 5 heteroatoms. The number of hydrogen-bond acceptors (Lipinski definition) is 4. The summed E-state index contributed by atoms with van der Waals surface area (Å²) in [5.41, 5.74) is 6.60. The molecule has 1 unspecified atom stereocenters. The fourth-order valence-electron chi connectivity index (χ4n) is 3.48. The second-order valence-electron chi connectivity index (χ2n) is 7.87. The minimum absolute atomic E-state index is 0.230. The van der Waals surface area contributed by atoms with Gasteiger partial charge in [0.05, 0.1) is 21.3 Å². The smallest absolute Gasteiger partial charge is 0.321 e. The van der Waals surface area contributed by atoms with Gasteiger partial charge in [-0.1, -0.05) is 55.7 Å². The lowest BCUT2D eigenvalue weighted by atomic mass is 9.75. The summed E-state index contributed by atoms with van der Waals surface area (Å²) in [6.45, 7) is 12.7. The van der Waals surface area contributed by atoms with E-state index in [2.05, 4.69) is 37.5 Å². The van der Waals surface area contributed by atoms with Crippen molar-refractivity contribution < 1.29 is 19.1 Å². The normalized spacial score (nSPS) is 18.1. The Hall–Kier alpha value is -2.14. The topological polar surface area (TPSA) is 52.6 Å². The van der Waals surface area contributed by atoms with Gasteiger partial charge in [0.15, 0.2) is 5.92 Å². The van der Waals surface area contributed by atoms with E-state index in [0.29, 0.717) is 0 Å². The minimum atomic E-state index is -1.62. The van der Waals surface area contributed by atoms with Crippen molar-refractivity contribution in [3.8, 4) is 0 Å². The molecule has 0 heterocycles. The summed E-state index contributed by atoms with van der Waals surface area (Å²) in [6.07, 6.45) is 2.02. The number of allylic oxidation sites excluding steroid dienone is 3. The van der Waals surface area contributed by atoms with Crippen LogP contribution in [-0.4, -0.2) is 33.2 Å². The SMILES string of the molecule is CCOC(=O)C(C(=O)OCC)C1C=C(C)c2ccccc2/C1=C\[Si](C)(C)C. The Labute approximate surface area is 163 Å². The van der Waals surface area contributed by atoms with Crippen molar-refractivity contribution in [2.75, 3.05) is 13.2 Å². The van der Waals surface area contributed by atoms with E-state index in [9.17, 15) is 9.59 Å². The largest absolute Gasteiger partial charge is 0.465 e. The van der Waals surface area contributed by atoms with E-state index in [1.807, 2.05) is 25.1 Å². The second kappa shape index (κ2) is 8.70. The molecule has 0 radical (unpaired) electrons. The van der Waals surface area contributed by atoms with E-state index in [1.54, 1.807) is 13.8 Å². The number of carbonyl (C=O) groups is 2. The number of rotatable bonds is 6. The van der Waals surface area contributed by atoms with E-state index in [0.717, 1.165) is 22.3 Å². The number of hydrogen-bond donors (Lipinski definition) is 0. The zero-order valence-electron chi connectivity index (χ0n) is 17.2. The van der Waals surface area contributed by atoms with Crippen LogP contribution in [0.4, 0.5) is 0 Å². The summed E-state index contributed by atoms with van der Waals surface area (Å²) in [5.74, 6) is -2.42. The molecule has 2 rings (SSSR count). The first-order valence-electron chi connectivity index (χ1n) is 9.53. The molecule has 27 heavy (non-hydrogen) atoms. The van der Waals surface area contributed by atoms with Gasteiger partial charge in [-0.2, -0.15) is 0 Å². The van der Waals surface area contributed by atoms with Crippen LogP contribution in [0.2, 0.25) is 19.6 Å². The molecule has 0 saturated heterocycles. The minimum Gasteiger partial charge on any atom is -0.465 e. The molecule has 1 aromatic rings. The Bertz CT molecular complexity index is 753. The van der Waals surface area contributed by atoms with Gasteiger partial charge in [0.25, 0.3) is 0 Å². The molecule has 0 aliphatic heterocycles. The van der Waals surface area contributed by atoms with Crippen molar-refractivity contribution in [1.29, 1.82) is 0 Å². The van der Waals surface area contributed by atoms with Crippen molar-refractivity contribution in [1.82, 2.24) is 0 Å². The highest BCUT2D eigenvalue weighted by Gasteiger charge is 2.41. The number of benzene rings is 1. The highest BCUT2D eigenvalue weighted by atomic mass is 28.3. The second-order valence-corrected chi connectivity index (χ2v) is 12.9. The van der Waals surface area contributed by atoms with Crippen LogP contribution >= 0.6 is 0 Å². The highest BCUT2D eigenvalue weighted by Crippen LogP contribution is 2.42. The molecule has 0 aromatic heterocycles. The van der Waals surface area contributed by atoms with Gasteiger partial charge in [-0.25, -0.2) is 0 Å². The molecular weight excluding hydrogens is 356 g/mol. The summed E-state index contributed by atoms with van der Waals surface area (Å²) in [6, 6.07) is 8.16. The first-order valence-corrected chi connectivity index (χ1v) is 13.1. The molecule has 4 nitrogen and oxygen atoms in total. The van der Waals surface area contributed by atoms with Crippen molar-refractivity contribution >= 4 is 31.2 Å². The number of ether oxygens (including phenoxy) is 2. The lowest BCUT2D eigenvalue weighted by Crippen LogP contribution is -2.36. The Morgan fingerprint density at radius 2 is 1.56 bits per heavy atom. The van der Waals surface area contributed by atoms with Crippen LogP contribution in [-0.2, 0) is 19.1 Å². The van der Waals surface area contributed by atoms with E-state index >= 15 is 0 Å². The van der Waals surface area contributed by atoms with Crippen LogP contribution in [0.3, 0.4) is 0 Å². The van der Waals surface area contributed by atoms with Crippen LogP contribution in [0, 0.1) is 11.8 Å². The third-order valence-electron chi connectivity index (χ3n) is 4.48. The molecule has 1 aliphatic rings. The molecule has 1 aromatic carbocycles. The van der Waals surface area contributed by atoms with Gasteiger partial charge >= 0.3 is 11.9 Å². The van der Waals surface area contributed by atoms with Crippen molar-refractivity contribution in [3.63, 3.8) is 0 Å². The zero-order chi connectivity index (χ0) is 20.2. The molecule has 0 fully saturated rings. The van der Waals surface area contributed by atoms with Crippen LogP contribution in [0.5, 0.6) is 0 Å². The molecule has 0 N–H and O–H groups in total. The van der Waals surface area contributed by atoms with Crippen LogP contribution in [0.15, 0.2) is 36.0 Å². The molecule has 0 amide bonds. The first-order chi connectivity index (χ1) is 12.7. The Kier molecular flexibility index (Phi) is 6.82. The third kappa shape index (κ3) is 4.98. The van der Waals surface area contributed by atoms with Crippen molar-refractivity contribution in [2.24, 2.45) is 11.8 Å². The summed E-state index contributed by atoms with van der Waals surface area (Å²) in [7, 11) is -1.62. The van der Waals surface area contributed by atoms with Gasteiger partial charge in [-0.15, -0.1) is 0 Å². The highest BCUT2D eigenvalue weighted by molar-refractivity contribution is 6.81. The maximum atomic E-state index is 12.7. The van der Waals surface area contributed by atoms with Gasteiger partial charge in [0.1, 0.15) is 0 Å². The van der Waals surface area contributed by atoms with E-state index in [1.165, 1.54) is 0 Å². The Morgan fingerprint density at radius 3 is 2.04 bits per heavy atom. The summed E-state index contributed by atoms with van der Waals surface area (Å²) in [4.78, 5) is 25.4. The average Bonchev–Trinajstić information content (AvgIpc) is 2.58. The monoisotopic (exact) mass is 386 g/mol. The lowest BCUT2D eigenvalue weighted by molar-refractivity contribution is -0.162. The average molecular weight is 387 g/mol. The predicted molar refractivity (Wildman–Crippen MR) is 112 cm³/mol. The molecular formula is C22H30O4Si. The van der Waals surface area contributed by atoms with Crippen molar-refractivity contribution in [2.45, 2.75) is 40.4 Å². The number of esters is 2. The van der Waals surface area contributed by atoms with Gasteiger partial charge in [-0.3, -0.25) is 9.59 Å². The number of fused-ring (bicyclic) bond motifs is 1. The summed E-state index contributed by atoms with van der Waals surface area (Å²) in [5, 5.41) is 0. The molecule has 146 valence electrons. The quantitative estimate of drug-likeness (QED) is 0.403. The fraction of sp³-hybridized carbons (Fsp3) is 0.455. The van der Waals surface area contributed by atoms with Gasteiger partial charge in [0, 0.05) is 5.92 Å². The van der Waals surface area contributed by atoms with Gasteiger partial charge in [0.2, 0.25) is 0 Å². The third-order valence-corrected chi connectivity index (χ3v) is 5.66. The molecule has 1 atom stereocenters. The lowest BCUT2D eigenvalue weighted by Gasteiger charge is -2.31. The Balaban J connectivity index is 2.65. The van der Waals surface area contributed by atoms with Crippen LogP contribution < -0.4 is 0 Å². The molecule has 0 spiro atoms. The van der Waals surface area contributed by atoms with E-state index in [-0.39, 0.29) is 19.1 Å². The predicted octanol–water partition coefficient (Wildman–Crippen LogP) is 4.72. The van der Waals surface area contributed by atoms with Crippen molar-refractivity contribution in [3.05, 3.63) is 47.2 Å². The molecule has 0 bridgehead atoms. The van der Waals surface area contributed by atoms with E-state index < -0.39 is 25.9 Å². The molecule has 1 aliphatic carbocycles. The fourth-order valence-corrected chi connectivity index (χ4v) is 4.76. The number of carbonyl (C=O) groups excluding carboxylic acids is 2. The van der Waals surface area contributed by atoms with Gasteiger partial charge < -0.3 is 9.47 Å². The maximum Gasteiger partial charge on any atom is 0.321 e. The molecule has 0 saturated carbocycles. The van der Waals surface area contributed by atoms with E-state index in [4.69, 9.17) is 9.47 Å². The zero-order valence-corrected chi connectivity index (χ0v) is 18.2. The first kappa shape index (κ1) is 21.2. The van der Waals surface area contributed by atoms with Gasteiger partial charge in [-0.05, 0) is 43.0 Å². The van der Waals surface area contributed by atoms with Crippen LogP contribution in [0.1, 0.15) is 31.9 Å². The maximum absolute atomic E-state index is 12.7. The summed E-state index contributed by atoms with van der Waals surface area (Å²) >= 11 is 0. The van der Waals surface area contributed by atoms with Crippen LogP contribution in [0.25, 0.3) is 11.1 Å².